The monoisotopic (exact) mass is 224 g/mol. The first-order chi connectivity index (χ1) is 7.60. The van der Waals surface area contributed by atoms with Crippen LogP contribution in [0.4, 0.5) is 0 Å². The zero-order valence-corrected chi connectivity index (χ0v) is 9.49. The van der Waals surface area contributed by atoms with Crippen LogP contribution in [0, 0.1) is 6.92 Å². The number of methoxy groups -OCH3 is 1. The van der Waals surface area contributed by atoms with E-state index in [0.717, 1.165) is 11.1 Å². The number of hydrogen-bond donors (Lipinski definition) is 2. The molecule has 0 aliphatic heterocycles. The largest absolute Gasteiger partial charge is 0.508 e. The van der Waals surface area contributed by atoms with Crippen molar-refractivity contribution in [1.29, 1.82) is 0 Å². The van der Waals surface area contributed by atoms with Gasteiger partial charge in [0.15, 0.2) is 0 Å². The first-order valence-corrected chi connectivity index (χ1v) is 5.11. The summed E-state index contributed by atoms with van der Waals surface area (Å²) in [7, 11) is 1.30. The van der Waals surface area contributed by atoms with Gasteiger partial charge in [-0.15, -0.1) is 0 Å². The van der Waals surface area contributed by atoms with Crippen molar-refractivity contribution in [1.82, 2.24) is 0 Å². The Balaban J connectivity index is 3.02. The van der Waals surface area contributed by atoms with Crippen LogP contribution >= 0.6 is 0 Å². The van der Waals surface area contributed by atoms with Crippen LogP contribution < -0.4 is 0 Å². The summed E-state index contributed by atoms with van der Waals surface area (Å²) < 4.78 is 4.58. The van der Waals surface area contributed by atoms with Gasteiger partial charge in [0, 0.05) is 6.61 Å². The molecule has 0 aliphatic rings. The highest BCUT2D eigenvalue weighted by Crippen LogP contribution is 2.24. The lowest BCUT2D eigenvalue weighted by Crippen LogP contribution is -2.03. The van der Waals surface area contributed by atoms with Crippen LogP contribution in [0.15, 0.2) is 12.1 Å². The Morgan fingerprint density at radius 1 is 1.44 bits per heavy atom. The molecule has 0 unspecified atom stereocenters. The first kappa shape index (κ1) is 12.5. The van der Waals surface area contributed by atoms with Crippen LogP contribution in [0.3, 0.4) is 0 Å². The van der Waals surface area contributed by atoms with Crippen molar-refractivity contribution in [3.63, 3.8) is 0 Å². The molecule has 1 aromatic carbocycles. The predicted molar refractivity (Wildman–Crippen MR) is 59.6 cm³/mol. The number of benzene rings is 1. The summed E-state index contributed by atoms with van der Waals surface area (Å²) in [6.45, 7) is 1.90. The number of phenolic OH excluding ortho intramolecular Hbond substituents is 1. The zero-order chi connectivity index (χ0) is 12.1. The maximum atomic E-state index is 11.3. The van der Waals surface area contributed by atoms with E-state index in [2.05, 4.69) is 4.74 Å². The van der Waals surface area contributed by atoms with E-state index in [1.54, 1.807) is 6.07 Å². The molecule has 1 aromatic rings. The lowest BCUT2D eigenvalue weighted by atomic mass is 10.00. The minimum absolute atomic E-state index is 0.0776. The van der Waals surface area contributed by atoms with Crippen molar-refractivity contribution in [2.24, 2.45) is 0 Å². The highest BCUT2D eigenvalue weighted by molar-refractivity contribution is 5.90. The van der Waals surface area contributed by atoms with E-state index in [1.165, 1.54) is 13.2 Å². The summed E-state index contributed by atoms with van der Waals surface area (Å²) >= 11 is 0. The number of hydrogen-bond acceptors (Lipinski definition) is 4. The summed E-state index contributed by atoms with van der Waals surface area (Å²) in [5.41, 5.74) is 1.93. The van der Waals surface area contributed by atoms with Gasteiger partial charge >= 0.3 is 5.97 Å². The molecule has 0 bridgehead atoms. The van der Waals surface area contributed by atoms with Gasteiger partial charge in [-0.1, -0.05) is 0 Å². The number of phenols is 1. The third-order valence-corrected chi connectivity index (χ3v) is 2.46. The molecule has 0 aliphatic carbocycles. The molecule has 88 valence electrons. The third-order valence-electron chi connectivity index (χ3n) is 2.46. The lowest BCUT2D eigenvalue weighted by Gasteiger charge is -2.09. The topological polar surface area (TPSA) is 66.8 Å². The SMILES string of the molecule is COC(=O)c1cc(C)c(CCCO)c(O)c1. The third kappa shape index (κ3) is 2.73. The lowest BCUT2D eigenvalue weighted by molar-refractivity contribution is 0.0600. The Kier molecular flexibility index (Phi) is 4.31. The molecular weight excluding hydrogens is 208 g/mol. The van der Waals surface area contributed by atoms with Crippen molar-refractivity contribution in [3.8, 4) is 5.75 Å². The minimum atomic E-state index is -0.466. The van der Waals surface area contributed by atoms with Crippen LogP contribution in [0.1, 0.15) is 27.9 Å². The molecule has 0 amide bonds. The molecular formula is C12H16O4. The number of aliphatic hydroxyl groups is 1. The standard InChI is InChI=1S/C12H16O4/c1-8-6-9(12(15)16-2)7-11(14)10(8)4-3-5-13/h6-7,13-14H,3-5H2,1-2H3. The molecule has 0 saturated heterocycles. The number of esters is 1. The van der Waals surface area contributed by atoms with Crippen LogP contribution in [0.25, 0.3) is 0 Å². The fourth-order valence-electron chi connectivity index (χ4n) is 1.62. The maximum Gasteiger partial charge on any atom is 0.337 e. The van der Waals surface area contributed by atoms with Gasteiger partial charge in [0.2, 0.25) is 0 Å². The molecule has 0 fully saturated rings. The second-order valence-electron chi connectivity index (χ2n) is 3.61. The maximum absolute atomic E-state index is 11.3. The van der Waals surface area contributed by atoms with Crippen molar-refractivity contribution in [3.05, 3.63) is 28.8 Å². The Hall–Kier alpha value is -1.55. The van der Waals surface area contributed by atoms with E-state index in [-0.39, 0.29) is 12.4 Å². The Morgan fingerprint density at radius 3 is 2.62 bits per heavy atom. The summed E-state index contributed by atoms with van der Waals surface area (Å²) in [5, 5.41) is 18.5. The number of ether oxygens (including phenoxy) is 1. The van der Waals surface area contributed by atoms with Crippen LogP contribution in [-0.2, 0) is 11.2 Å². The second kappa shape index (κ2) is 5.51. The predicted octanol–water partition coefficient (Wildman–Crippen LogP) is 1.41. The Labute approximate surface area is 94.5 Å². The number of carbonyl (C=O) groups is 1. The molecule has 0 heterocycles. The number of aryl methyl sites for hydroxylation is 1. The van der Waals surface area contributed by atoms with E-state index in [4.69, 9.17) is 5.11 Å². The van der Waals surface area contributed by atoms with Gasteiger partial charge < -0.3 is 14.9 Å². The Bertz CT molecular complexity index is 362. The molecule has 4 nitrogen and oxygen atoms in total. The van der Waals surface area contributed by atoms with Gasteiger partial charge in [-0.2, -0.15) is 0 Å². The van der Waals surface area contributed by atoms with E-state index in [9.17, 15) is 9.90 Å². The summed E-state index contributed by atoms with van der Waals surface area (Å²) in [4.78, 5) is 11.3. The van der Waals surface area contributed by atoms with Gasteiger partial charge in [-0.3, -0.25) is 0 Å². The molecule has 1 rings (SSSR count). The average Bonchev–Trinajstić information content (AvgIpc) is 2.26. The van der Waals surface area contributed by atoms with Crippen molar-refractivity contribution in [2.45, 2.75) is 19.8 Å². The number of rotatable bonds is 4. The smallest absolute Gasteiger partial charge is 0.337 e. The van der Waals surface area contributed by atoms with Gasteiger partial charge in [0.25, 0.3) is 0 Å². The van der Waals surface area contributed by atoms with E-state index in [0.29, 0.717) is 18.4 Å². The molecule has 0 radical (unpaired) electrons. The number of aromatic hydroxyl groups is 1. The van der Waals surface area contributed by atoms with Gasteiger partial charge in [0.05, 0.1) is 12.7 Å². The molecule has 0 saturated carbocycles. The number of aliphatic hydroxyl groups excluding tert-OH is 1. The Morgan fingerprint density at radius 2 is 2.12 bits per heavy atom. The number of carbonyl (C=O) groups excluding carboxylic acids is 1. The van der Waals surface area contributed by atoms with Crippen molar-refractivity contribution in [2.75, 3.05) is 13.7 Å². The zero-order valence-electron chi connectivity index (χ0n) is 9.49. The van der Waals surface area contributed by atoms with E-state index < -0.39 is 5.97 Å². The molecule has 0 aromatic heterocycles. The van der Waals surface area contributed by atoms with E-state index >= 15 is 0 Å². The average molecular weight is 224 g/mol. The molecule has 2 N–H and O–H groups in total. The van der Waals surface area contributed by atoms with Gasteiger partial charge in [-0.05, 0) is 43.0 Å². The van der Waals surface area contributed by atoms with Crippen molar-refractivity contribution < 1.29 is 19.7 Å². The summed E-state index contributed by atoms with van der Waals surface area (Å²) in [6.07, 6.45) is 1.18. The van der Waals surface area contributed by atoms with Crippen LogP contribution in [0.5, 0.6) is 5.75 Å². The fraction of sp³-hybridized carbons (Fsp3) is 0.417. The van der Waals surface area contributed by atoms with Crippen molar-refractivity contribution >= 4 is 5.97 Å². The normalized spacial score (nSPS) is 10.2. The highest BCUT2D eigenvalue weighted by atomic mass is 16.5. The van der Waals surface area contributed by atoms with Crippen LogP contribution in [-0.4, -0.2) is 29.9 Å². The van der Waals surface area contributed by atoms with Crippen LogP contribution in [0.2, 0.25) is 0 Å². The summed E-state index contributed by atoms with van der Waals surface area (Å²) in [5.74, 6) is -0.388. The first-order valence-electron chi connectivity index (χ1n) is 5.11. The fourth-order valence-corrected chi connectivity index (χ4v) is 1.62. The quantitative estimate of drug-likeness (QED) is 0.759. The van der Waals surface area contributed by atoms with Gasteiger partial charge in [0.1, 0.15) is 5.75 Å². The summed E-state index contributed by atoms with van der Waals surface area (Å²) in [6, 6.07) is 3.07. The van der Waals surface area contributed by atoms with E-state index in [1.807, 2.05) is 6.92 Å². The highest BCUT2D eigenvalue weighted by Gasteiger charge is 2.12. The molecule has 16 heavy (non-hydrogen) atoms. The molecule has 4 heteroatoms. The molecule has 0 atom stereocenters. The molecule has 0 spiro atoms. The second-order valence-corrected chi connectivity index (χ2v) is 3.61. The van der Waals surface area contributed by atoms with Gasteiger partial charge in [-0.25, -0.2) is 4.79 Å². The minimum Gasteiger partial charge on any atom is -0.508 e.